The summed E-state index contributed by atoms with van der Waals surface area (Å²) in [5.41, 5.74) is 1.42. The van der Waals surface area contributed by atoms with Gasteiger partial charge in [-0.15, -0.1) is 0 Å². The van der Waals surface area contributed by atoms with Gasteiger partial charge in [-0.25, -0.2) is 0 Å². The Labute approximate surface area is 145 Å². The Morgan fingerprint density at radius 2 is 1.78 bits per heavy atom. The highest BCUT2D eigenvalue weighted by Gasteiger charge is 2.72. The van der Waals surface area contributed by atoms with Gasteiger partial charge in [0.15, 0.2) is 0 Å². The van der Waals surface area contributed by atoms with Gasteiger partial charge in [0.05, 0.1) is 5.60 Å². The smallest absolute Gasteiger partial charge is 0.0980 e. The molecule has 0 N–H and O–H groups in total. The van der Waals surface area contributed by atoms with Crippen molar-refractivity contribution in [2.24, 2.45) is 5.92 Å². The second-order valence-corrected chi connectivity index (χ2v) is 8.77. The fourth-order valence-electron chi connectivity index (χ4n) is 6.27. The number of methoxy groups -OCH3 is 1. The lowest BCUT2D eigenvalue weighted by molar-refractivity contribution is -0.200. The van der Waals surface area contributed by atoms with Crippen LogP contribution in [0.5, 0.6) is 0 Å². The third kappa shape index (κ3) is 1.83. The first-order chi connectivity index (χ1) is 10.9. The van der Waals surface area contributed by atoms with Gasteiger partial charge in [0, 0.05) is 29.1 Å². The minimum atomic E-state index is -0.115. The summed E-state index contributed by atoms with van der Waals surface area (Å²) in [4.78, 5) is 2.63. The number of halogens is 1. The van der Waals surface area contributed by atoms with Gasteiger partial charge in [0.1, 0.15) is 0 Å². The van der Waals surface area contributed by atoms with Crippen LogP contribution in [0.4, 0.5) is 0 Å². The Balaban J connectivity index is 1.92. The molecule has 0 spiro atoms. The SMILES string of the molecule is CO[C@]1(C2CC2)[C@](C)(c2ccc(Cl)cc2)C[C@@H]2CC[C@@]1(C)N2C. The highest BCUT2D eigenvalue weighted by Crippen LogP contribution is 2.66. The number of ether oxygens (including phenoxy) is 1. The van der Waals surface area contributed by atoms with E-state index < -0.39 is 0 Å². The lowest BCUT2D eigenvalue weighted by atomic mass is 9.54. The van der Waals surface area contributed by atoms with Gasteiger partial charge in [-0.3, -0.25) is 4.90 Å². The van der Waals surface area contributed by atoms with E-state index >= 15 is 0 Å². The number of likely N-dealkylation sites (N-methyl/N-ethyl adjacent to an activating group) is 1. The van der Waals surface area contributed by atoms with Crippen LogP contribution in [0.2, 0.25) is 5.02 Å². The Bertz CT molecular complexity index is 613. The summed E-state index contributed by atoms with van der Waals surface area (Å²) in [5.74, 6) is 0.666. The van der Waals surface area contributed by atoms with Crippen LogP contribution in [0.1, 0.15) is 51.5 Å². The van der Waals surface area contributed by atoms with Gasteiger partial charge in [0.25, 0.3) is 0 Å². The summed E-state index contributed by atoms with van der Waals surface area (Å²) in [6.45, 7) is 4.89. The maximum absolute atomic E-state index is 6.53. The lowest BCUT2D eigenvalue weighted by Crippen LogP contribution is -2.74. The van der Waals surface area contributed by atoms with Crippen LogP contribution in [0.25, 0.3) is 0 Å². The molecular weight excluding hydrogens is 306 g/mol. The molecule has 4 atom stereocenters. The van der Waals surface area contributed by atoms with E-state index in [2.05, 4.69) is 37.9 Å². The predicted molar refractivity (Wildman–Crippen MR) is 95.1 cm³/mol. The van der Waals surface area contributed by atoms with Crippen molar-refractivity contribution in [1.82, 2.24) is 4.90 Å². The number of piperidine rings is 1. The molecule has 3 fully saturated rings. The second kappa shape index (κ2) is 4.97. The summed E-state index contributed by atoms with van der Waals surface area (Å²) in [7, 11) is 4.26. The first-order valence-electron chi connectivity index (χ1n) is 8.93. The summed E-state index contributed by atoms with van der Waals surface area (Å²) < 4.78 is 6.53. The molecule has 2 aliphatic heterocycles. The molecule has 1 aromatic carbocycles. The molecule has 2 heterocycles. The fraction of sp³-hybridized carbons (Fsp3) is 0.700. The highest BCUT2D eigenvalue weighted by molar-refractivity contribution is 6.30. The molecule has 1 saturated carbocycles. The Hall–Kier alpha value is -0.570. The van der Waals surface area contributed by atoms with Crippen LogP contribution < -0.4 is 0 Å². The average Bonchev–Trinajstić information content (AvgIpc) is 3.33. The molecule has 0 aromatic heterocycles. The fourth-order valence-corrected chi connectivity index (χ4v) is 6.39. The Kier molecular flexibility index (Phi) is 3.44. The van der Waals surface area contributed by atoms with Crippen molar-refractivity contribution in [3.63, 3.8) is 0 Å². The third-order valence-electron chi connectivity index (χ3n) is 7.51. The molecule has 3 heteroatoms. The molecule has 0 radical (unpaired) electrons. The summed E-state index contributed by atoms with van der Waals surface area (Å²) in [5, 5.41) is 0.814. The van der Waals surface area contributed by atoms with Gasteiger partial charge < -0.3 is 4.74 Å². The van der Waals surface area contributed by atoms with Gasteiger partial charge in [-0.05, 0) is 69.7 Å². The van der Waals surface area contributed by atoms with Crippen molar-refractivity contribution in [2.45, 2.75) is 68.5 Å². The molecule has 126 valence electrons. The van der Waals surface area contributed by atoms with Crippen LogP contribution >= 0.6 is 11.6 Å². The van der Waals surface area contributed by atoms with Crippen LogP contribution in [0.15, 0.2) is 24.3 Å². The van der Waals surface area contributed by atoms with Gasteiger partial charge in [-0.1, -0.05) is 30.7 Å². The van der Waals surface area contributed by atoms with Crippen LogP contribution in [0.3, 0.4) is 0 Å². The predicted octanol–water partition coefficient (Wildman–Crippen LogP) is 4.65. The molecule has 1 aliphatic carbocycles. The van der Waals surface area contributed by atoms with Crippen molar-refractivity contribution >= 4 is 11.6 Å². The maximum Gasteiger partial charge on any atom is 0.0980 e. The number of hydrogen-bond acceptors (Lipinski definition) is 2. The maximum atomic E-state index is 6.53. The second-order valence-electron chi connectivity index (χ2n) is 8.33. The molecular formula is C20H28ClNO. The first-order valence-corrected chi connectivity index (χ1v) is 9.31. The quantitative estimate of drug-likeness (QED) is 0.798. The largest absolute Gasteiger partial charge is 0.375 e. The summed E-state index contributed by atoms with van der Waals surface area (Å²) >= 11 is 6.16. The van der Waals surface area contributed by atoms with E-state index in [0.29, 0.717) is 12.0 Å². The van der Waals surface area contributed by atoms with Crippen LogP contribution in [-0.2, 0) is 10.2 Å². The van der Waals surface area contributed by atoms with Crippen molar-refractivity contribution in [3.8, 4) is 0 Å². The van der Waals surface area contributed by atoms with E-state index in [1.807, 2.05) is 19.2 Å². The zero-order chi connectivity index (χ0) is 16.5. The van der Waals surface area contributed by atoms with Crippen LogP contribution in [0, 0.1) is 5.92 Å². The Morgan fingerprint density at radius 3 is 2.35 bits per heavy atom. The zero-order valence-corrected chi connectivity index (χ0v) is 15.5. The van der Waals surface area contributed by atoms with E-state index in [1.54, 1.807) is 0 Å². The minimum absolute atomic E-state index is 0.0376. The molecule has 2 nitrogen and oxygen atoms in total. The van der Waals surface area contributed by atoms with Crippen molar-refractivity contribution in [1.29, 1.82) is 0 Å². The van der Waals surface area contributed by atoms with Crippen molar-refractivity contribution in [2.75, 3.05) is 14.2 Å². The molecule has 0 unspecified atom stereocenters. The van der Waals surface area contributed by atoms with Gasteiger partial charge >= 0.3 is 0 Å². The standard InChI is InChI=1S/C20H28ClNO/c1-18(14-7-9-16(21)10-8-14)13-17-11-12-19(2,22(17)3)20(18,23-4)15-5-6-15/h7-10,15,17H,5-6,11-13H2,1-4H3/t17-,18-,19+,20+/m0/s1. The average molecular weight is 334 g/mol. The third-order valence-corrected chi connectivity index (χ3v) is 7.76. The minimum Gasteiger partial charge on any atom is -0.375 e. The lowest BCUT2D eigenvalue weighted by Gasteiger charge is -2.63. The number of rotatable bonds is 3. The molecule has 2 bridgehead atoms. The van der Waals surface area contributed by atoms with Crippen LogP contribution in [-0.4, -0.2) is 36.2 Å². The number of hydrogen-bond donors (Lipinski definition) is 0. The summed E-state index contributed by atoms with van der Waals surface area (Å²) in [6, 6.07) is 9.19. The summed E-state index contributed by atoms with van der Waals surface area (Å²) in [6.07, 6.45) is 6.29. The number of benzene rings is 1. The van der Waals surface area contributed by atoms with E-state index in [4.69, 9.17) is 16.3 Å². The van der Waals surface area contributed by atoms with Crippen molar-refractivity contribution < 1.29 is 4.74 Å². The van der Waals surface area contributed by atoms with Crippen molar-refractivity contribution in [3.05, 3.63) is 34.9 Å². The normalized spacial score (nSPS) is 43.8. The van der Waals surface area contributed by atoms with E-state index in [9.17, 15) is 0 Å². The highest BCUT2D eigenvalue weighted by atomic mass is 35.5. The first kappa shape index (κ1) is 15.9. The Morgan fingerprint density at radius 1 is 1.13 bits per heavy atom. The van der Waals surface area contributed by atoms with E-state index in [-0.39, 0.29) is 16.6 Å². The molecule has 1 aromatic rings. The number of fused-ring (bicyclic) bond motifs is 2. The van der Waals surface area contributed by atoms with E-state index in [1.165, 1.54) is 37.7 Å². The monoisotopic (exact) mass is 333 g/mol. The molecule has 2 saturated heterocycles. The number of nitrogens with zero attached hydrogens (tertiary/aromatic N) is 1. The zero-order valence-electron chi connectivity index (χ0n) is 14.7. The molecule has 23 heavy (non-hydrogen) atoms. The van der Waals surface area contributed by atoms with Gasteiger partial charge in [0.2, 0.25) is 0 Å². The molecule has 0 amide bonds. The van der Waals surface area contributed by atoms with Gasteiger partial charge in [-0.2, -0.15) is 0 Å². The topological polar surface area (TPSA) is 12.5 Å². The van der Waals surface area contributed by atoms with E-state index in [0.717, 1.165) is 5.02 Å². The molecule has 3 aliphatic rings. The molecule has 4 rings (SSSR count).